The minimum absolute atomic E-state index is 0.0127. The topological polar surface area (TPSA) is 207 Å². The number of oxazole rings is 1. The number of amides is 4. The van der Waals surface area contributed by atoms with Crippen molar-refractivity contribution in [3.63, 3.8) is 0 Å². The molecule has 3 N–H and O–H groups in total. The van der Waals surface area contributed by atoms with Crippen LogP contribution in [0.25, 0.3) is 22.5 Å². The van der Waals surface area contributed by atoms with Gasteiger partial charge < -0.3 is 29.4 Å². The lowest BCUT2D eigenvalue weighted by Gasteiger charge is -2.30. The molecule has 3 aliphatic rings. The lowest BCUT2D eigenvalue weighted by atomic mass is 10.0. The third kappa shape index (κ3) is 8.70. The van der Waals surface area contributed by atoms with Crippen molar-refractivity contribution in [3.05, 3.63) is 42.8 Å². The average molecular weight is 797 g/mol. The SMILES string of the molecule is CC(C)n1c(O[C@@H]2C[C@H]3C(=O)N[C@]4(C(=O)NS(=O)(=O)N(C)C)C[C@H]4/C=C\CCCCC[C@H](NC(=O)OC(C)(C)C)C(=O)N3C2)nc2c(-c3ncco3)cccc21. The number of carbonyl (C=O) groups is 4. The molecule has 18 heteroatoms. The summed E-state index contributed by atoms with van der Waals surface area (Å²) in [7, 11) is -1.60. The van der Waals surface area contributed by atoms with Crippen molar-refractivity contribution in [2.24, 2.45) is 5.92 Å². The van der Waals surface area contributed by atoms with Gasteiger partial charge >= 0.3 is 16.3 Å². The number of fused-ring (bicyclic) bond motifs is 3. The van der Waals surface area contributed by atoms with Gasteiger partial charge in [0.05, 0.1) is 23.8 Å². The van der Waals surface area contributed by atoms with Crippen LogP contribution in [0.5, 0.6) is 6.01 Å². The minimum Gasteiger partial charge on any atom is -0.459 e. The number of benzene rings is 1. The fourth-order valence-corrected chi connectivity index (χ4v) is 7.87. The van der Waals surface area contributed by atoms with Crippen LogP contribution in [0.15, 0.2) is 47.2 Å². The van der Waals surface area contributed by atoms with E-state index in [1.54, 1.807) is 27.0 Å². The largest absolute Gasteiger partial charge is 0.459 e. The smallest absolute Gasteiger partial charge is 0.408 e. The molecule has 304 valence electrons. The van der Waals surface area contributed by atoms with Crippen LogP contribution in [0.3, 0.4) is 0 Å². The predicted octanol–water partition coefficient (Wildman–Crippen LogP) is 3.83. The van der Waals surface area contributed by atoms with Crippen molar-refractivity contribution < 1.29 is 41.5 Å². The molecule has 6 rings (SSSR count). The molecule has 2 fully saturated rings. The molecule has 1 saturated heterocycles. The zero-order valence-corrected chi connectivity index (χ0v) is 33.7. The molecule has 0 bridgehead atoms. The summed E-state index contributed by atoms with van der Waals surface area (Å²) in [4.78, 5) is 66.3. The molecular weight excluding hydrogens is 745 g/mol. The number of aromatic nitrogens is 3. The van der Waals surface area contributed by atoms with Crippen molar-refractivity contribution in [1.29, 1.82) is 0 Å². The van der Waals surface area contributed by atoms with Gasteiger partial charge in [-0.15, -0.1) is 0 Å². The number of nitrogens with one attached hydrogen (secondary N) is 3. The molecular formula is C38H52N8O9S. The van der Waals surface area contributed by atoms with Crippen molar-refractivity contribution in [3.8, 4) is 17.5 Å². The van der Waals surface area contributed by atoms with Gasteiger partial charge in [0.15, 0.2) is 0 Å². The molecule has 4 heterocycles. The van der Waals surface area contributed by atoms with E-state index >= 15 is 0 Å². The Bertz CT molecular complexity index is 2090. The Morgan fingerprint density at radius 3 is 2.59 bits per heavy atom. The third-order valence-electron chi connectivity index (χ3n) is 10.2. The maximum Gasteiger partial charge on any atom is 0.408 e. The van der Waals surface area contributed by atoms with Crippen LogP contribution in [0.2, 0.25) is 0 Å². The summed E-state index contributed by atoms with van der Waals surface area (Å²) in [5, 5.41) is 5.59. The van der Waals surface area contributed by atoms with Crippen LogP contribution in [0.4, 0.5) is 4.79 Å². The lowest BCUT2D eigenvalue weighted by Crippen LogP contribution is -2.58. The second kappa shape index (κ2) is 15.9. The van der Waals surface area contributed by atoms with Crippen LogP contribution in [0.1, 0.15) is 85.6 Å². The lowest BCUT2D eigenvalue weighted by molar-refractivity contribution is -0.141. The molecule has 17 nitrogen and oxygen atoms in total. The highest BCUT2D eigenvalue weighted by molar-refractivity contribution is 7.87. The highest BCUT2D eigenvalue weighted by Crippen LogP contribution is 2.46. The molecule has 3 aromatic rings. The molecule has 0 unspecified atom stereocenters. The van der Waals surface area contributed by atoms with E-state index in [-0.39, 0.29) is 31.4 Å². The fraction of sp³-hybridized carbons (Fsp3) is 0.579. The maximum absolute atomic E-state index is 14.6. The predicted molar refractivity (Wildman–Crippen MR) is 205 cm³/mol. The molecule has 1 aliphatic carbocycles. The molecule has 2 aromatic heterocycles. The monoisotopic (exact) mass is 796 g/mol. The Morgan fingerprint density at radius 2 is 1.91 bits per heavy atom. The van der Waals surface area contributed by atoms with Gasteiger partial charge in [-0.05, 0) is 72.4 Å². The Morgan fingerprint density at radius 1 is 1.14 bits per heavy atom. The van der Waals surface area contributed by atoms with E-state index in [4.69, 9.17) is 18.9 Å². The van der Waals surface area contributed by atoms with E-state index in [1.807, 2.05) is 48.8 Å². The molecule has 1 saturated carbocycles. The molecule has 0 spiro atoms. The van der Waals surface area contributed by atoms with Gasteiger partial charge in [-0.2, -0.15) is 17.7 Å². The van der Waals surface area contributed by atoms with Crippen LogP contribution in [0, 0.1) is 5.92 Å². The zero-order chi connectivity index (χ0) is 40.6. The summed E-state index contributed by atoms with van der Waals surface area (Å²) in [5.74, 6) is -2.14. The van der Waals surface area contributed by atoms with Gasteiger partial charge in [-0.3, -0.25) is 19.0 Å². The summed E-state index contributed by atoms with van der Waals surface area (Å²) in [5.41, 5.74) is -0.369. The summed E-state index contributed by atoms with van der Waals surface area (Å²) >= 11 is 0. The molecule has 4 amide bonds. The zero-order valence-electron chi connectivity index (χ0n) is 32.9. The van der Waals surface area contributed by atoms with Gasteiger partial charge in [-0.25, -0.2) is 14.5 Å². The summed E-state index contributed by atoms with van der Waals surface area (Å²) in [6.45, 7) is 9.09. The Kier molecular flexibility index (Phi) is 11.5. The van der Waals surface area contributed by atoms with Gasteiger partial charge in [-0.1, -0.05) is 31.1 Å². The minimum atomic E-state index is -4.18. The molecule has 0 radical (unpaired) electrons. The standard InChI is InChI=1S/C38H52N8O9S/c1-23(2)46-28-17-13-15-26(32-39-18-19-53-32)30(28)41-35(46)54-25-20-29-31(47)42-38(34(49)43-56(51,52)44(6)7)21-24(38)14-11-9-8-10-12-16-27(33(48)45(29)22-25)40-36(50)55-37(3,4)5/h11,13-15,17-19,23-25,27,29H,8-10,12,16,20-22H2,1-7H3,(H,40,50)(H,42,47)(H,43,49)/b14-11-/t24-,25-,27+,29+,38-/m1/s1. The number of ether oxygens (including phenoxy) is 2. The highest BCUT2D eigenvalue weighted by atomic mass is 32.2. The van der Waals surface area contributed by atoms with Gasteiger partial charge in [0, 0.05) is 32.5 Å². The van der Waals surface area contributed by atoms with Crippen molar-refractivity contribution >= 4 is 45.1 Å². The van der Waals surface area contributed by atoms with E-state index in [2.05, 4.69) is 20.3 Å². The first-order chi connectivity index (χ1) is 26.4. The second-order valence-electron chi connectivity index (χ2n) is 16.1. The van der Waals surface area contributed by atoms with Crippen LogP contribution >= 0.6 is 0 Å². The summed E-state index contributed by atoms with van der Waals surface area (Å²) < 4.78 is 48.0. The average Bonchev–Trinajstić information content (AvgIpc) is 3.51. The first kappa shape index (κ1) is 40.7. The van der Waals surface area contributed by atoms with Gasteiger partial charge in [0.2, 0.25) is 17.7 Å². The molecule has 56 heavy (non-hydrogen) atoms. The van der Waals surface area contributed by atoms with E-state index < -0.39 is 69.3 Å². The molecule has 5 atom stereocenters. The van der Waals surface area contributed by atoms with Crippen LogP contribution < -0.4 is 20.1 Å². The van der Waals surface area contributed by atoms with Crippen LogP contribution in [-0.4, -0.2) is 106 Å². The molecule has 1 aromatic carbocycles. The fourth-order valence-electron chi connectivity index (χ4n) is 7.27. The number of rotatable bonds is 8. The number of imidazole rings is 1. The first-order valence-corrected chi connectivity index (χ1v) is 20.4. The Balaban J connectivity index is 1.35. The van der Waals surface area contributed by atoms with E-state index in [0.717, 1.165) is 22.7 Å². The number of allylic oxidation sites excluding steroid dienone is 1. The number of hydrogen-bond donors (Lipinski definition) is 3. The summed E-state index contributed by atoms with van der Waals surface area (Å²) in [6.07, 6.45) is 8.54. The summed E-state index contributed by atoms with van der Waals surface area (Å²) in [6, 6.07) is 3.60. The first-order valence-electron chi connectivity index (χ1n) is 19.0. The van der Waals surface area contributed by atoms with Gasteiger partial charge in [0.1, 0.15) is 41.1 Å². The van der Waals surface area contributed by atoms with Crippen molar-refractivity contribution in [1.82, 2.24) is 39.1 Å². The van der Waals surface area contributed by atoms with E-state index in [0.29, 0.717) is 36.2 Å². The number of nitrogens with zero attached hydrogens (tertiary/aromatic N) is 5. The number of alkyl carbamates (subject to hydrolysis) is 1. The van der Waals surface area contributed by atoms with E-state index in [1.165, 1.54) is 25.3 Å². The number of para-hydroxylation sites is 1. The van der Waals surface area contributed by atoms with Crippen molar-refractivity contribution in [2.75, 3.05) is 20.6 Å². The van der Waals surface area contributed by atoms with Gasteiger partial charge in [0.25, 0.3) is 11.9 Å². The van der Waals surface area contributed by atoms with Crippen molar-refractivity contribution in [2.45, 2.75) is 115 Å². The molecule has 2 aliphatic heterocycles. The van der Waals surface area contributed by atoms with Crippen LogP contribution in [-0.2, 0) is 29.3 Å². The quantitative estimate of drug-likeness (QED) is 0.279. The highest BCUT2D eigenvalue weighted by Gasteiger charge is 2.62. The maximum atomic E-state index is 14.6. The van der Waals surface area contributed by atoms with E-state index in [9.17, 15) is 27.6 Å². The Hall–Kier alpha value is -4.97. The second-order valence-corrected chi connectivity index (χ2v) is 18.0. The number of carbonyl (C=O) groups excluding carboxylic acids is 4. The normalized spacial score (nSPS) is 25.5. The number of hydrogen-bond acceptors (Lipinski definition) is 11. The Labute approximate surface area is 326 Å². The third-order valence-corrected chi connectivity index (χ3v) is 11.6.